The first-order chi connectivity index (χ1) is 10.3. The fourth-order valence-corrected chi connectivity index (χ4v) is 3.02. The molecule has 21 heavy (non-hydrogen) atoms. The first kappa shape index (κ1) is 14.4. The highest BCUT2D eigenvalue weighted by Gasteiger charge is 2.20. The van der Waals surface area contributed by atoms with Gasteiger partial charge in [-0.15, -0.1) is 0 Å². The van der Waals surface area contributed by atoms with E-state index >= 15 is 0 Å². The largest absolute Gasteiger partial charge is 0.454 e. The quantitative estimate of drug-likeness (QED) is 0.888. The van der Waals surface area contributed by atoms with Gasteiger partial charge in [-0.05, 0) is 46.5 Å². The van der Waals surface area contributed by atoms with Crippen molar-refractivity contribution in [1.82, 2.24) is 0 Å². The number of rotatable bonds is 6. The lowest BCUT2D eigenvalue weighted by molar-refractivity contribution is 0.0215. The van der Waals surface area contributed by atoms with Gasteiger partial charge >= 0.3 is 0 Å². The number of ether oxygens (including phenoxy) is 3. The monoisotopic (exact) mass is 305 g/mol. The summed E-state index contributed by atoms with van der Waals surface area (Å²) in [5.41, 5.74) is 8.40. The molecular formula is C16H19NO3S. The van der Waals surface area contributed by atoms with Crippen molar-refractivity contribution >= 4 is 11.3 Å². The van der Waals surface area contributed by atoms with E-state index in [-0.39, 0.29) is 18.9 Å². The van der Waals surface area contributed by atoms with Gasteiger partial charge in [0.05, 0.1) is 12.7 Å². The summed E-state index contributed by atoms with van der Waals surface area (Å²) < 4.78 is 16.8. The third-order valence-corrected chi connectivity index (χ3v) is 4.30. The standard InChI is InChI=1S/C16H19NO3S/c1-2-13(17)16(12-5-6-21-9-12)18-8-11-3-4-14-15(7-11)20-10-19-14/h3-7,9,13,16H,2,8,10,17H2,1H3. The summed E-state index contributed by atoms with van der Waals surface area (Å²) in [6, 6.07) is 7.94. The molecule has 4 nitrogen and oxygen atoms in total. The SMILES string of the molecule is CCC(N)C(OCc1ccc2c(c1)OCO2)c1ccsc1. The van der Waals surface area contributed by atoms with Gasteiger partial charge in [0, 0.05) is 6.04 Å². The van der Waals surface area contributed by atoms with Crippen molar-refractivity contribution in [2.75, 3.05) is 6.79 Å². The molecular weight excluding hydrogens is 286 g/mol. The molecule has 0 saturated carbocycles. The number of benzene rings is 1. The number of fused-ring (bicyclic) bond motifs is 1. The van der Waals surface area contributed by atoms with Gasteiger partial charge in [0.2, 0.25) is 6.79 Å². The van der Waals surface area contributed by atoms with Crippen LogP contribution in [0.15, 0.2) is 35.0 Å². The third kappa shape index (κ3) is 3.20. The topological polar surface area (TPSA) is 53.7 Å². The number of nitrogens with two attached hydrogens (primary N) is 1. The second-order valence-electron chi connectivity index (χ2n) is 5.05. The van der Waals surface area contributed by atoms with Crippen LogP contribution in [0.3, 0.4) is 0 Å². The predicted octanol–water partition coefficient (Wildman–Crippen LogP) is 3.47. The first-order valence-electron chi connectivity index (χ1n) is 7.05. The summed E-state index contributed by atoms with van der Waals surface area (Å²) in [5, 5.41) is 4.15. The predicted molar refractivity (Wildman–Crippen MR) is 82.7 cm³/mol. The van der Waals surface area contributed by atoms with Crippen molar-refractivity contribution in [2.45, 2.75) is 32.1 Å². The molecule has 0 aliphatic carbocycles. The maximum absolute atomic E-state index is 6.20. The first-order valence-corrected chi connectivity index (χ1v) is 8.00. The smallest absolute Gasteiger partial charge is 0.231 e. The Morgan fingerprint density at radius 2 is 2.14 bits per heavy atom. The summed E-state index contributed by atoms with van der Waals surface area (Å²) in [4.78, 5) is 0. The lowest BCUT2D eigenvalue weighted by Crippen LogP contribution is -2.29. The second kappa shape index (κ2) is 6.47. The molecule has 1 aromatic heterocycles. The molecule has 0 fully saturated rings. The van der Waals surface area contributed by atoms with Crippen LogP contribution in [0.2, 0.25) is 0 Å². The number of thiophene rings is 1. The van der Waals surface area contributed by atoms with Crippen molar-refractivity contribution in [2.24, 2.45) is 5.73 Å². The van der Waals surface area contributed by atoms with E-state index in [4.69, 9.17) is 19.9 Å². The van der Waals surface area contributed by atoms with Crippen molar-refractivity contribution in [3.05, 3.63) is 46.2 Å². The average Bonchev–Trinajstić information content (AvgIpc) is 3.17. The molecule has 1 aliphatic rings. The van der Waals surface area contributed by atoms with Crippen LogP contribution >= 0.6 is 11.3 Å². The molecule has 1 aromatic carbocycles. The minimum Gasteiger partial charge on any atom is -0.454 e. The minimum atomic E-state index is -0.0772. The highest BCUT2D eigenvalue weighted by molar-refractivity contribution is 7.07. The molecule has 2 aromatic rings. The Bertz CT molecular complexity index is 585. The normalized spacial score (nSPS) is 15.9. The van der Waals surface area contributed by atoms with Crippen LogP contribution in [-0.2, 0) is 11.3 Å². The van der Waals surface area contributed by atoms with Gasteiger partial charge in [0.15, 0.2) is 11.5 Å². The fraction of sp³-hybridized carbons (Fsp3) is 0.375. The summed E-state index contributed by atoms with van der Waals surface area (Å²) in [7, 11) is 0. The van der Waals surface area contributed by atoms with Crippen LogP contribution in [0.4, 0.5) is 0 Å². The molecule has 2 heterocycles. The van der Waals surface area contributed by atoms with E-state index < -0.39 is 0 Å². The lowest BCUT2D eigenvalue weighted by atomic mass is 10.0. The third-order valence-electron chi connectivity index (χ3n) is 3.60. The molecule has 0 radical (unpaired) electrons. The lowest BCUT2D eigenvalue weighted by Gasteiger charge is -2.23. The highest BCUT2D eigenvalue weighted by atomic mass is 32.1. The minimum absolute atomic E-state index is 0.00592. The van der Waals surface area contributed by atoms with E-state index in [9.17, 15) is 0 Å². The van der Waals surface area contributed by atoms with Crippen molar-refractivity contribution < 1.29 is 14.2 Å². The number of hydrogen-bond acceptors (Lipinski definition) is 5. The van der Waals surface area contributed by atoms with Crippen LogP contribution in [0.25, 0.3) is 0 Å². The fourth-order valence-electron chi connectivity index (χ4n) is 2.33. The molecule has 2 N–H and O–H groups in total. The van der Waals surface area contributed by atoms with Crippen molar-refractivity contribution in [1.29, 1.82) is 0 Å². The zero-order valence-electron chi connectivity index (χ0n) is 12.0. The Morgan fingerprint density at radius 3 is 2.90 bits per heavy atom. The molecule has 0 bridgehead atoms. The van der Waals surface area contributed by atoms with E-state index in [1.54, 1.807) is 11.3 Å². The van der Waals surface area contributed by atoms with Gasteiger partial charge in [-0.2, -0.15) is 11.3 Å². The van der Waals surface area contributed by atoms with Crippen molar-refractivity contribution in [3.63, 3.8) is 0 Å². The Hall–Kier alpha value is -1.56. The van der Waals surface area contributed by atoms with Gasteiger partial charge in [-0.1, -0.05) is 13.0 Å². The molecule has 2 atom stereocenters. The molecule has 0 spiro atoms. The van der Waals surface area contributed by atoms with E-state index in [2.05, 4.69) is 23.8 Å². The Kier molecular flexibility index (Phi) is 4.43. The number of hydrogen-bond donors (Lipinski definition) is 1. The summed E-state index contributed by atoms with van der Waals surface area (Å²) in [6.07, 6.45) is 0.799. The van der Waals surface area contributed by atoms with Crippen LogP contribution in [0.1, 0.15) is 30.6 Å². The molecule has 2 unspecified atom stereocenters. The Balaban J connectivity index is 1.69. The Labute approximate surface area is 128 Å². The molecule has 112 valence electrons. The summed E-state index contributed by atoms with van der Waals surface area (Å²) >= 11 is 1.66. The Morgan fingerprint density at radius 1 is 1.29 bits per heavy atom. The van der Waals surface area contributed by atoms with Crippen LogP contribution in [0.5, 0.6) is 11.5 Å². The molecule has 5 heteroatoms. The van der Waals surface area contributed by atoms with Crippen LogP contribution in [-0.4, -0.2) is 12.8 Å². The van der Waals surface area contributed by atoms with Gasteiger partial charge in [-0.3, -0.25) is 0 Å². The molecule has 3 rings (SSSR count). The summed E-state index contributed by atoms with van der Waals surface area (Å²) in [6.45, 7) is 2.87. The van der Waals surface area contributed by atoms with Gasteiger partial charge in [0.1, 0.15) is 0 Å². The van der Waals surface area contributed by atoms with Gasteiger partial charge in [-0.25, -0.2) is 0 Å². The van der Waals surface area contributed by atoms with E-state index in [0.717, 1.165) is 29.0 Å². The van der Waals surface area contributed by atoms with Gasteiger partial charge in [0.25, 0.3) is 0 Å². The maximum atomic E-state index is 6.20. The molecule has 0 amide bonds. The van der Waals surface area contributed by atoms with Crippen LogP contribution in [0, 0.1) is 0 Å². The van der Waals surface area contributed by atoms with Gasteiger partial charge < -0.3 is 19.9 Å². The average molecular weight is 305 g/mol. The van der Waals surface area contributed by atoms with E-state index in [0.29, 0.717) is 6.61 Å². The van der Waals surface area contributed by atoms with E-state index in [1.165, 1.54) is 0 Å². The zero-order valence-corrected chi connectivity index (χ0v) is 12.8. The summed E-state index contributed by atoms with van der Waals surface area (Å²) in [5.74, 6) is 1.57. The van der Waals surface area contributed by atoms with E-state index in [1.807, 2.05) is 18.2 Å². The highest BCUT2D eigenvalue weighted by Crippen LogP contribution is 2.33. The van der Waals surface area contributed by atoms with Crippen molar-refractivity contribution in [3.8, 4) is 11.5 Å². The zero-order chi connectivity index (χ0) is 14.7. The second-order valence-corrected chi connectivity index (χ2v) is 5.83. The van der Waals surface area contributed by atoms with Crippen LogP contribution < -0.4 is 15.2 Å². The molecule has 0 saturated heterocycles. The maximum Gasteiger partial charge on any atom is 0.231 e. The molecule has 1 aliphatic heterocycles.